The first-order valence-electron chi connectivity index (χ1n) is 13.9. The van der Waals surface area contributed by atoms with Gasteiger partial charge in [-0.1, -0.05) is 30.3 Å². The van der Waals surface area contributed by atoms with Crippen molar-refractivity contribution in [3.63, 3.8) is 0 Å². The summed E-state index contributed by atoms with van der Waals surface area (Å²) >= 11 is 15.2. The Balaban J connectivity index is 1.53. The second-order valence-electron chi connectivity index (χ2n) is 11.1. The molecule has 2 fully saturated rings. The number of aliphatic hydroxyl groups is 2. The Bertz CT molecular complexity index is 1210. The van der Waals surface area contributed by atoms with Crippen molar-refractivity contribution >= 4 is 63.7 Å². The molecule has 3 aromatic carbocycles. The molecule has 0 bridgehead atoms. The molecule has 0 amide bonds. The van der Waals surface area contributed by atoms with Crippen molar-refractivity contribution in [2.75, 3.05) is 0 Å². The molecule has 0 radical (unpaired) electrons. The van der Waals surface area contributed by atoms with E-state index in [0.717, 1.165) is 84.6 Å². The van der Waals surface area contributed by atoms with Gasteiger partial charge in [0, 0.05) is 18.3 Å². The van der Waals surface area contributed by atoms with E-state index >= 15 is 0 Å². The lowest BCUT2D eigenvalue weighted by molar-refractivity contribution is 0.0524. The number of ether oxygens (including phenoxy) is 2. The molecule has 2 saturated carbocycles. The Morgan fingerprint density at radius 1 is 0.625 bits per heavy atom. The van der Waals surface area contributed by atoms with Crippen LogP contribution in [0.2, 0.25) is 0 Å². The summed E-state index contributed by atoms with van der Waals surface area (Å²) in [6.07, 6.45) is 6.18. The van der Waals surface area contributed by atoms with E-state index in [1.165, 1.54) is 0 Å². The molecule has 5 rings (SSSR count). The van der Waals surface area contributed by atoms with E-state index < -0.39 is 5.41 Å². The zero-order valence-corrected chi connectivity index (χ0v) is 28.7. The molecule has 4 unspecified atom stereocenters. The number of hydrogen-bond acceptors (Lipinski definition) is 4. The van der Waals surface area contributed by atoms with Gasteiger partial charge in [-0.05, 0) is 150 Å². The second-order valence-corrected chi connectivity index (χ2v) is 14.6. The van der Waals surface area contributed by atoms with E-state index in [9.17, 15) is 10.2 Å². The van der Waals surface area contributed by atoms with Gasteiger partial charge in [-0.2, -0.15) is 0 Å². The standard InChI is InChI=1S/C32H34Br4O4/c1-32(19-7-3-2-4-8-19,20-13-26(33)30(27(34)14-20)39-24-11-5-9-22(37)17-24)21-15-28(35)31(29(36)16-21)40-25-12-6-10-23(38)18-25/h2-4,7-8,13-16,22-25,37-38H,5-6,9-12,17-18H2,1H3. The van der Waals surface area contributed by atoms with E-state index in [4.69, 9.17) is 9.47 Å². The fraction of sp³-hybridized carbons (Fsp3) is 0.438. The van der Waals surface area contributed by atoms with Crippen LogP contribution in [0.4, 0.5) is 0 Å². The molecular weight excluding hydrogens is 768 g/mol. The van der Waals surface area contributed by atoms with Crippen LogP contribution in [-0.2, 0) is 5.41 Å². The summed E-state index contributed by atoms with van der Waals surface area (Å²) in [6.45, 7) is 2.24. The van der Waals surface area contributed by atoms with Crippen molar-refractivity contribution in [1.29, 1.82) is 0 Å². The Kier molecular flexibility index (Phi) is 10.1. The quantitative estimate of drug-likeness (QED) is 0.234. The van der Waals surface area contributed by atoms with Crippen molar-refractivity contribution in [3.05, 3.63) is 89.2 Å². The summed E-state index contributed by atoms with van der Waals surface area (Å²) in [7, 11) is 0. The van der Waals surface area contributed by atoms with Crippen LogP contribution in [-0.4, -0.2) is 34.6 Å². The molecule has 0 heterocycles. The first-order chi connectivity index (χ1) is 19.1. The van der Waals surface area contributed by atoms with Crippen LogP contribution in [0.15, 0.2) is 72.5 Å². The van der Waals surface area contributed by atoms with Crippen molar-refractivity contribution < 1.29 is 19.7 Å². The van der Waals surface area contributed by atoms with Crippen molar-refractivity contribution in [1.82, 2.24) is 0 Å². The molecule has 214 valence electrons. The minimum absolute atomic E-state index is 0.00700. The zero-order valence-electron chi connectivity index (χ0n) is 22.4. The van der Waals surface area contributed by atoms with Gasteiger partial charge in [-0.3, -0.25) is 0 Å². The molecule has 4 atom stereocenters. The zero-order chi connectivity index (χ0) is 28.4. The van der Waals surface area contributed by atoms with E-state index in [0.29, 0.717) is 12.8 Å². The predicted molar refractivity (Wildman–Crippen MR) is 173 cm³/mol. The van der Waals surface area contributed by atoms with Crippen LogP contribution in [0.5, 0.6) is 11.5 Å². The average molecular weight is 802 g/mol. The first kappa shape index (κ1) is 30.6. The van der Waals surface area contributed by atoms with Crippen LogP contribution >= 0.6 is 63.7 Å². The van der Waals surface area contributed by atoms with Gasteiger partial charge in [-0.25, -0.2) is 0 Å². The third-order valence-corrected chi connectivity index (χ3v) is 10.6. The SMILES string of the molecule is CC(c1ccccc1)(c1cc(Br)c(OC2CCCC(O)C2)c(Br)c1)c1cc(Br)c(OC2CCCC(O)C2)c(Br)c1. The number of hydrogen-bond donors (Lipinski definition) is 2. The fourth-order valence-electron chi connectivity index (χ4n) is 5.98. The maximum Gasteiger partial charge on any atom is 0.148 e. The van der Waals surface area contributed by atoms with Gasteiger partial charge in [0.1, 0.15) is 23.7 Å². The van der Waals surface area contributed by atoms with Crippen molar-refractivity contribution in [2.45, 2.75) is 88.1 Å². The molecule has 4 nitrogen and oxygen atoms in total. The summed E-state index contributed by atoms with van der Waals surface area (Å²) in [5, 5.41) is 20.3. The van der Waals surface area contributed by atoms with Crippen LogP contribution in [0.25, 0.3) is 0 Å². The van der Waals surface area contributed by atoms with Gasteiger partial charge in [0.05, 0.1) is 30.1 Å². The Morgan fingerprint density at radius 3 is 1.40 bits per heavy atom. The summed E-state index contributed by atoms with van der Waals surface area (Å²) in [5.74, 6) is 1.53. The number of rotatable bonds is 7. The lowest BCUT2D eigenvalue weighted by Crippen LogP contribution is -2.29. The minimum Gasteiger partial charge on any atom is -0.488 e. The molecule has 2 aliphatic carbocycles. The fourth-order valence-corrected chi connectivity index (χ4v) is 8.73. The second kappa shape index (κ2) is 13.2. The molecule has 2 aliphatic rings. The third-order valence-electron chi connectivity index (χ3n) is 8.27. The van der Waals surface area contributed by atoms with Crippen molar-refractivity contribution in [3.8, 4) is 11.5 Å². The lowest BCUT2D eigenvalue weighted by atomic mass is 9.71. The highest BCUT2D eigenvalue weighted by atomic mass is 79.9. The van der Waals surface area contributed by atoms with E-state index in [1.54, 1.807) is 0 Å². The smallest absolute Gasteiger partial charge is 0.148 e. The van der Waals surface area contributed by atoms with Crippen LogP contribution in [0, 0.1) is 0 Å². The Labute approximate surface area is 270 Å². The summed E-state index contributed by atoms with van der Waals surface area (Å²) < 4.78 is 16.3. The van der Waals surface area contributed by atoms with Gasteiger partial charge < -0.3 is 19.7 Å². The van der Waals surface area contributed by atoms with Gasteiger partial charge in [0.2, 0.25) is 0 Å². The normalized spacial score (nSPS) is 24.8. The molecule has 0 saturated heterocycles. The maximum absolute atomic E-state index is 10.1. The van der Waals surface area contributed by atoms with E-state index in [1.807, 2.05) is 6.07 Å². The molecule has 8 heteroatoms. The highest BCUT2D eigenvalue weighted by Crippen LogP contribution is 2.48. The van der Waals surface area contributed by atoms with E-state index in [-0.39, 0.29) is 24.4 Å². The molecular formula is C32H34Br4O4. The largest absolute Gasteiger partial charge is 0.488 e. The van der Waals surface area contributed by atoms with E-state index in [2.05, 4.69) is 119 Å². The Hall–Kier alpha value is -0.900. The number of halogens is 4. The topological polar surface area (TPSA) is 58.9 Å². The van der Waals surface area contributed by atoms with Crippen LogP contribution in [0.1, 0.15) is 75.0 Å². The highest BCUT2D eigenvalue weighted by molar-refractivity contribution is 9.11. The summed E-state index contributed by atoms with van der Waals surface area (Å²) in [4.78, 5) is 0. The minimum atomic E-state index is -0.504. The molecule has 40 heavy (non-hydrogen) atoms. The number of benzene rings is 3. The predicted octanol–water partition coefficient (Wildman–Crippen LogP) is 9.46. The Morgan fingerprint density at radius 2 is 1.02 bits per heavy atom. The number of aliphatic hydroxyl groups excluding tert-OH is 2. The van der Waals surface area contributed by atoms with Crippen LogP contribution in [0.3, 0.4) is 0 Å². The van der Waals surface area contributed by atoms with Gasteiger partial charge >= 0.3 is 0 Å². The molecule has 3 aromatic rings. The maximum atomic E-state index is 10.1. The van der Waals surface area contributed by atoms with Crippen molar-refractivity contribution in [2.24, 2.45) is 0 Å². The van der Waals surface area contributed by atoms with Gasteiger partial charge in [-0.15, -0.1) is 0 Å². The molecule has 0 spiro atoms. The monoisotopic (exact) mass is 798 g/mol. The highest BCUT2D eigenvalue weighted by Gasteiger charge is 2.35. The summed E-state index contributed by atoms with van der Waals surface area (Å²) in [6, 6.07) is 19.1. The average Bonchev–Trinajstić information content (AvgIpc) is 2.92. The lowest BCUT2D eigenvalue weighted by Gasteiger charge is -2.34. The first-order valence-corrected chi connectivity index (χ1v) is 17.1. The summed E-state index contributed by atoms with van der Waals surface area (Å²) in [5.41, 5.74) is 2.84. The molecule has 0 aromatic heterocycles. The molecule has 0 aliphatic heterocycles. The third kappa shape index (κ3) is 6.68. The van der Waals surface area contributed by atoms with Crippen LogP contribution < -0.4 is 9.47 Å². The molecule has 2 N–H and O–H groups in total. The van der Waals surface area contributed by atoms with Gasteiger partial charge in [0.25, 0.3) is 0 Å². The van der Waals surface area contributed by atoms with Gasteiger partial charge in [0.15, 0.2) is 0 Å².